The molecule has 1 aromatic carbocycles. The monoisotopic (exact) mass is 377 g/mol. The van der Waals surface area contributed by atoms with E-state index in [2.05, 4.69) is 10.6 Å². The van der Waals surface area contributed by atoms with E-state index in [1.165, 1.54) is 30.1 Å². The lowest BCUT2D eigenvalue weighted by Crippen LogP contribution is -2.46. The largest absolute Gasteiger partial charge is 0.482 e. The molecule has 2 N–H and O–H groups in total. The van der Waals surface area contributed by atoms with E-state index in [-0.39, 0.29) is 30.5 Å². The van der Waals surface area contributed by atoms with Crippen molar-refractivity contribution in [3.05, 3.63) is 23.8 Å². The zero-order valence-electron chi connectivity index (χ0n) is 15.8. The number of nitrogens with one attached hydrogen (secondary N) is 2. The third-order valence-corrected chi connectivity index (χ3v) is 3.50. The van der Waals surface area contributed by atoms with Crippen LogP contribution < -0.4 is 15.4 Å². The fourth-order valence-electron chi connectivity index (χ4n) is 2.28. The molecule has 9 heteroatoms. The van der Waals surface area contributed by atoms with Crippen molar-refractivity contribution in [2.45, 2.75) is 26.3 Å². The highest BCUT2D eigenvalue weighted by Crippen LogP contribution is 2.28. The van der Waals surface area contributed by atoms with Gasteiger partial charge in [0.1, 0.15) is 5.75 Å². The molecule has 146 valence electrons. The van der Waals surface area contributed by atoms with E-state index in [1.807, 2.05) is 20.8 Å². The van der Waals surface area contributed by atoms with Crippen LogP contribution in [-0.4, -0.2) is 60.9 Å². The number of hydrogen-bond donors (Lipinski definition) is 2. The van der Waals surface area contributed by atoms with Gasteiger partial charge in [-0.25, -0.2) is 4.79 Å². The minimum atomic E-state index is -0.709. The first-order valence-electron chi connectivity index (χ1n) is 8.34. The van der Waals surface area contributed by atoms with Crippen molar-refractivity contribution < 1.29 is 28.7 Å². The highest BCUT2D eigenvalue weighted by atomic mass is 16.5. The number of nitrogens with zero attached hydrogens (tertiary/aromatic N) is 1. The maximum absolute atomic E-state index is 12.1. The van der Waals surface area contributed by atoms with Gasteiger partial charge in [0.15, 0.2) is 13.2 Å². The highest BCUT2D eigenvalue weighted by Gasteiger charge is 2.21. The third-order valence-electron chi connectivity index (χ3n) is 3.50. The summed E-state index contributed by atoms with van der Waals surface area (Å²) in [4.78, 5) is 48.4. The highest BCUT2D eigenvalue weighted by molar-refractivity contribution is 5.98. The molecule has 0 unspecified atom stereocenters. The summed E-state index contributed by atoms with van der Waals surface area (Å²) in [5.74, 6) is -1.44. The number of amides is 3. The van der Waals surface area contributed by atoms with Crippen LogP contribution in [0, 0.1) is 0 Å². The average molecular weight is 377 g/mol. The van der Waals surface area contributed by atoms with E-state index < -0.39 is 24.0 Å². The zero-order chi connectivity index (χ0) is 20.2. The molecule has 0 saturated heterocycles. The standard InChI is InChI=1S/C18H23N3O6/c1-18(2,3)20-14(22)8-21(4)16(24)10-27-17(25)11-5-6-12-13(7-11)26-9-15(23)19-12/h5-7H,8-10H2,1-4H3,(H,19,23)(H,20,22). The van der Waals surface area contributed by atoms with Gasteiger partial charge in [0, 0.05) is 12.6 Å². The Balaban J connectivity index is 1.87. The van der Waals surface area contributed by atoms with Crippen molar-refractivity contribution in [3.63, 3.8) is 0 Å². The number of hydrogen-bond acceptors (Lipinski definition) is 6. The summed E-state index contributed by atoms with van der Waals surface area (Å²) >= 11 is 0. The summed E-state index contributed by atoms with van der Waals surface area (Å²) in [6, 6.07) is 4.41. The second-order valence-corrected chi connectivity index (χ2v) is 7.17. The van der Waals surface area contributed by atoms with Crippen LogP contribution in [0.2, 0.25) is 0 Å². The van der Waals surface area contributed by atoms with Crippen molar-refractivity contribution >= 4 is 29.4 Å². The van der Waals surface area contributed by atoms with Gasteiger partial charge >= 0.3 is 5.97 Å². The lowest BCUT2D eigenvalue weighted by Gasteiger charge is -2.23. The molecule has 0 saturated carbocycles. The molecule has 3 amide bonds. The van der Waals surface area contributed by atoms with Crippen molar-refractivity contribution in [2.24, 2.45) is 0 Å². The normalized spacial score (nSPS) is 13.0. The zero-order valence-corrected chi connectivity index (χ0v) is 15.8. The molecule has 1 aliphatic rings. The molecule has 0 aliphatic carbocycles. The molecule has 0 radical (unpaired) electrons. The van der Waals surface area contributed by atoms with Crippen molar-refractivity contribution in [1.82, 2.24) is 10.2 Å². The minimum Gasteiger partial charge on any atom is -0.482 e. The molecule has 1 aliphatic heterocycles. The summed E-state index contributed by atoms with van der Waals surface area (Å²) < 4.78 is 10.2. The first-order chi connectivity index (χ1) is 12.5. The van der Waals surface area contributed by atoms with E-state index in [9.17, 15) is 19.2 Å². The van der Waals surface area contributed by atoms with Crippen molar-refractivity contribution in [1.29, 1.82) is 0 Å². The Kier molecular flexibility index (Phi) is 6.04. The summed E-state index contributed by atoms with van der Waals surface area (Å²) in [5.41, 5.74) is 0.246. The van der Waals surface area contributed by atoms with Gasteiger partial charge in [-0.1, -0.05) is 0 Å². The van der Waals surface area contributed by atoms with E-state index in [0.29, 0.717) is 11.4 Å². The van der Waals surface area contributed by atoms with Gasteiger partial charge in [-0.3, -0.25) is 14.4 Å². The number of carbonyl (C=O) groups excluding carboxylic acids is 4. The smallest absolute Gasteiger partial charge is 0.338 e. The Morgan fingerprint density at radius 1 is 1.30 bits per heavy atom. The van der Waals surface area contributed by atoms with Gasteiger partial charge in [0.25, 0.3) is 11.8 Å². The Morgan fingerprint density at radius 2 is 2.00 bits per heavy atom. The van der Waals surface area contributed by atoms with E-state index >= 15 is 0 Å². The molecule has 1 heterocycles. The Hall–Kier alpha value is -3.10. The van der Waals surface area contributed by atoms with Gasteiger partial charge in [-0.15, -0.1) is 0 Å². The molecule has 9 nitrogen and oxygen atoms in total. The summed E-state index contributed by atoms with van der Waals surface area (Å²) in [6.45, 7) is 4.74. The number of ether oxygens (including phenoxy) is 2. The Labute approximate surface area is 157 Å². The second kappa shape index (κ2) is 8.07. The minimum absolute atomic E-state index is 0.134. The van der Waals surface area contributed by atoms with Gasteiger partial charge in [0.2, 0.25) is 5.91 Å². The number of carbonyl (C=O) groups is 4. The second-order valence-electron chi connectivity index (χ2n) is 7.17. The maximum Gasteiger partial charge on any atom is 0.338 e. The van der Waals surface area contributed by atoms with Gasteiger partial charge in [0.05, 0.1) is 17.8 Å². The van der Waals surface area contributed by atoms with Crippen molar-refractivity contribution in [2.75, 3.05) is 32.1 Å². The van der Waals surface area contributed by atoms with Crippen LogP contribution in [-0.2, 0) is 19.1 Å². The molecule has 0 spiro atoms. The van der Waals surface area contributed by atoms with Crippen LogP contribution in [0.5, 0.6) is 5.75 Å². The predicted octanol–water partition coefficient (Wildman–Crippen LogP) is 0.547. The van der Waals surface area contributed by atoms with E-state index in [4.69, 9.17) is 9.47 Å². The fourth-order valence-corrected chi connectivity index (χ4v) is 2.28. The van der Waals surface area contributed by atoms with Crippen LogP contribution in [0.25, 0.3) is 0 Å². The number of likely N-dealkylation sites (N-methyl/N-ethyl adjacent to an activating group) is 1. The number of benzene rings is 1. The Morgan fingerprint density at radius 3 is 2.67 bits per heavy atom. The number of fused-ring (bicyclic) bond motifs is 1. The number of esters is 1. The van der Waals surface area contributed by atoms with Crippen molar-refractivity contribution in [3.8, 4) is 5.75 Å². The topological polar surface area (TPSA) is 114 Å². The van der Waals surface area contributed by atoms with Crippen LogP contribution in [0.1, 0.15) is 31.1 Å². The van der Waals surface area contributed by atoms with Gasteiger partial charge in [-0.05, 0) is 39.0 Å². The molecule has 0 bridgehead atoms. The maximum atomic E-state index is 12.1. The van der Waals surface area contributed by atoms with Gasteiger partial charge in [-0.2, -0.15) is 0 Å². The first kappa shape index (κ1) is 20.2. The summed E-state index contributed by atoms with van der Waals surface area (Å²) in [6.07, 6.45) is 0. The lowest BCUT2D eigenvalue weighted by molar-refractivity contribution is -0.137. The first-order valence-corrected chi connectivity index (χ1v) is 8.34. The molecular formula is C18H23N3O6. The molecule has 0 fully saturated rings. The summed E-state index contributed by atoms with van der Waals surface area (Å²) in [5, 5.41) is 5.35. The SMILES string of the molecule is CN(CC(=O)NC(C)(C)C)C(=O)COC(=O)c1ccc2c(c1)OCC(=O)N2. The van der Waals surface area contributed by atoms with Gasteiger partial charge < -0.3 is 25.0 Å². The Bertz CT molecular complexity index is 769. The lowest BCUT2D eigenvalue weighted by atomic mass is 10.1. The van der Waals surface area contributed by atoms with Crippen LogP contribution in [0.4, 0.5) is 5.69 Å². The molecule has 0 aromatic heterocycles. The fraction of sp³-hybridized carbons (Fsp3) is 0.444. The molecular weight excluding hydrogens is 354 g/mol. The third kappa shape index (κ3) is 5.98. The van der Waals surface area contributed by atoms with Crippen LogP contribution >= 0.6 is 0 Å². The number of rotatable bonds is 5. The predicted molar refractivity (Wildman–Crippen MR) is 96.4 cm³/mol. The molecule has 0 atom stereocenters. The molecule has 2 rings (SSSR count). The molecule has 1 aromatic rings. The van der Waals surface area contributed by atoms with E-state index in [0.717, 1.165) is 0 Å². The van der Waals surface area contributed by atoms with Crippen LogP contribution in [0.3, 0.4) is 0 Å². The molecule has 27 heavy (non-hydrogen) atoms. The number of anilines is 1. The summed E-state index contributed by atoms with van der Waals surface area (Å²) in [7, 11) is 1.45. The van der Waals surface area contributed by atoms with Crippen LogP contribution in [0.15, 0.2) is 18.2 Å². The quantitative estimate of drug-likeness (QED) is 0.725. The average Bonchev–Trinajstić information content (AvgIpc) is 2.56. The van der Waals surface area contributed by atoms with E-state index in [1.54, 1.807) is 0 Å².